The van der Waals surface area contributed by atoms with E-state index < -0.39 is 0 Å². The summed E-state index contributed by atoms with van der Waals surface area (Å²) in [5.74, 6) is 0. The van der Waals surface area contributed by atoms with Crippen LogP contribution in [0, 0.1) is 0 Å². The summed E-state index contributed by atoms with van der Waals surface area (Å²) in [6.45, 7) is 0. The molecular weight excluding hydrogens is 496 g/mol. The Bertz CT molecular complexity index is 1150. The summed E-state index contributed by atoms with van der Waals surface area (Å²) in [4.78, 5) is 0. The summed E-state index contributed by atoms with van der Waals surface area (Å²) in [5, 5.41) is 4.87. The van der Waals surface area contributed by atoms with Crippen molar-refractivity contribution in [2.75, 3.05) is 12.3 Å². The molecule has 1 fully saturated rings. The zero-order valence-electron chi connectivity index (χ0n) is 20.3. The Morgan fingerprint density at radius 3 is 1.69 bits per heavy atom. The molecule has 1 aliphatic rings. The van der Waals surface area contributed by atoms with Crippen LogP contribution in [0.15, 0.2) is 115 Å². The Morgan fingerprint density at radius 1 is 0.457 bits per heavy atom. The van der Waals surface area contributed by atoms with Gasteiger partial charge in [0.25, 0.3) is 0 Å². The van der Waals surface area contributed by atoms with Gasteiger partial charge in [-0.1, -0.05) is 143 Å². The van der Waals surface area contributed by atoms with E-state index in [-0.39, 0.29) is 22.2 Å². The summed E-state index contributed by atoms with van der Waals surface area (Å²) < 4.78 is 0. The zero-order valence-corrected chi connectivity index (χ0v) is 23.9. The minimum absolute atomic E-state index is 0.184. The number of rotatable bonds is 4. The number of hydrogen-bond donors (Lipinski definition) is 0. The molecule has 1 aliphatic heterocycles. The molecule has 4 atom stereocenters. The quantitative estimate of drug-likeness (QED) is 0.231. The lowest BCUT2D eigenvalue weighted by Gasteiger charge is -2.36. The molecule has 0 aromatic heterocycles. The Labute approximate surface area is 216 Å². The van der Waals surface area contributed by atoms with Gasteiger partial charge in [-0.2, -0.15) is 0 Å². The normalized spacial score (nSPS) is 22.3. The van der Waals surface area contributed by atoms with Crippen LogP contribution in [0.25, 0.3) is 11.1 Å². The van der Waals surface area contributed by atoms with Gasteiger partial charge in [0.2, 0.25) is 0 Å². The SMILES string of the molecule is c1ccc(-c2ccc(P3CCCCCCCPP(c4ccccc4)P3c3ccccc3)cc2)cc1. The fraction of sp³-hybridized carbons (Fsp3) is 0.226. The van der Waals surface area contributed by atoms with Gasteiger partial charge >= 0.3 is 0 Å². The first-order valence-corrected chi connectivity index (χ1v) is 20.4. The predicted octanol–water partition coefficient (Wildman–Crippen LogP) is 9.46. The second-order valence-corrected chi connectivity index (χ2v) is 23.2. The van der Waals surface area contributed by atoms with Gasteiger partial charge in [-0.3, -0.25) is 0 Å². The lowest BCUT2D eigenvalue weighted by atomic mass is 10.1. The van der Waals surface area contributed by atoms with Crippen molar-refractivity contribution in [1.82, 2.24) is 0 Å². The summed E-state index contributed by atoms with van der Waals surface area (Å²) in [6, 6.07) is 43.8. The second-order valence-electron chi connectivity index (χ2n) is 8.98. The molecule has 0 N–H and O–H groups in total. The molecule has 4 aromatic carbocycles. The van der Waals surface area contributed by atoms with E-state index in [1.54, 1.807) is 15.9 Å². The predicted molar refractivity (Wildman–Crippen MR) is 166 cm³/mol. The van der Waals surface area contributed by atoms with E-state index in [9.17, 15) is 0 Å². The maximum atomic E-state index is 2.48. The summed E-state index contributed by atoms with van der Waals surface area (Å²) >= 11 is 0. The van der Waals surface area contributed by atoms with E-state index >= 15 is 0 Å². The maximum Gasteiger partial charge on any atom is -0.0117 e. The second kappa shape index (κ2) is 13.2. The van der Waals surface area contributed by atoms with Crippen LogP contribution < -0.4 is 15.9 Å². The fourth-order valence-corrected chi connectivity index (χ4v) is 30.1. The molecule has 1 heterocycles. The first-order valence-electron chi connectivity index (χ1n) is 12.8. The van der Waals surface area contributed by atoms with Gasteiger partial charge in [0.05, 0.1) is 0 Å². The lowest BCUT2D eigenvalue weighted by molar-refractivity contribution is 0.662. The van der Waals surface area contributed by atoms with Crippen LogP contribution in [-0.4, -0.2) is 12.3 Å². The van der Waals surface area contributed by atoms with E-state index in [1.165, 1.54) is 55.6 Å². The van der Waals surface area contributed by atoms with Crippen LogP contribution >= 0.6 is 30.5 Å². The van der Waals surface area contributed by atoms with Crippen LogP contribution in [0.1, 0.15) is 32.1 Å². The highest BCUT2D eigenvalue weighted by atomic mass is 32.6. The zero-order chi connectivity index (χ0) is 23.7. The van der Waals surface area contributed by atoms with Gasteiger partial charge < -0.3 is 0 Å². The van der Waals surface area contributed by atoms with Gasteiger partial charge in [0.1, 0.15) is 0 Å². The van der Waals surface area contributed by atoms with Crippen molar-refractivity contribution in [3.63, 3.8) is 0 Å². The van der Waals surface area contributed by atoms with Crippen molar-refractivity contribution in [3.05, 3.63) is 115 Å². The highest BCUT2D eigenvalue weighted by Gasteiger charge is 2.32. The van der Waals surface area contributed by atoms with Crippen molar-refractivity contribution in [2.24, 2.45) is 0 Å². The molecule has 0 radical (unpaired) electrons. The molecule has 4 heteroatoms. The van der Waals surface area contributed by atoms with Crippen LogP contribution in [0.3, 0.4) is 0 Å². The smallest absolute Gasteiger partial charge is 0.0117 e. The molecule has 0 nitrogen and oxygen atoms in total. The monoisotopic (exact) mass is 530 g/mol. The summed E-state index contributed by atoms with van der Waals surface area (Å²) in [6.07, 6.45) is 9.78. The van der Waals surface area contributed by atoms with Crippen molar-refractivity contribution >= 4 is 46.4 Å². The largest absolute Gasteiger partial charge is 0.0862 e. The van der Waals surface area contributed by atoms with Crippen molar-refractivity contribution in [3.8, 4) is 11.1 Å². The molecule has 0 bridgehead atoms. The summed E-state index contributed by atoms with van der Waals surface area (Å²) in [7, 11) is 0.399. The number of benzene rings is 4. The first kappa shape index (κ1) is 25.3. The van der Waals surface area contributed by atoms with Crippen LogP contribution in [0.4, 0.5) is 0 Å². The Balaban J connectivity index is 1.58. The van der Waals surface area contributed by atoms with E-state index in [0.29, 0.717) is 0 Å². The van der Waals surface area contributed by atoms with E-state index in [0.717, 1.165) is 8.27 Å². The molecule has 1 saturated heterocycles. The molecule has 178 valence electrons. The molecule has 0 amide bonds. The lowest BCUT2D eigenvalue weighted by Crippen LogP contribution is -2.10. The van der Waals surface area contributed by atoms with E-state index in [2.05, 4.69) is 115 Å². The maximum absolute atomic E-state index is 2.48. The van der Waals surface area contributed by atoms with Gasteiger partial charge in [0.15, 0.2) is 0 Å². The van der Waals surface area contributed by atoms with Crippen molar-refractivity contribution in [1.29, 1.82) is 0 Å². The summed E-state index contributed by atoms with van der Waals surface area (Å²) in [5.41, 5.74) is 2.64. The minimum Gasteiger partial charge on any atom is -0.0862 e. The van der Waals surface area contributed by atoms with E-state index in [1.807, 2.05) is 0 Å². The third kappa shape index (κ3) is 6.68. The molecule has 5 rings (SSSR count). The molecule has 35 heavy (non-hydrogen) atoms. The molecule has 4 aromatic rings. The molecule has 0 spiro atoms. The Hall–Kier alpha value is -1.40. The standard InChI is InChI=1S/C31H34P4/c1-2-13-25-32-34(30-17-9-5-10-18-30)35(31-19-11-6-12-20-31)33(26-14-3-1)29-23-21-28(22-24-29)27-15-7-4-8-16-27/h4-12,15-24,32H,1-3,13-14,25-26H2. The van der Waals surface area contributed by atoms with Crippen LogP contribution in [0.2, 0.25) is 0 Å². The fourth-order valence-electron chi connectivity index (χ4n) is 4.65. The van der Waals surface area contributed by atoms with Crippen LogP contribution in [0.5, 0.6) is 0 Å². The highest BCUT2D eigenvalue weighted by molar-refractivity contribution is 8.78. The van der Waals surface area contributed by atoms with Crippen molar-refractivity contribution in [2.45, 2.75) is 32.1 Å². The average molecular weight is 531 g/mol. The topological polar surface area (TPSA) is 0 Å². The third-order valence-corrected chi connectivity index (χ3v) is 27.7. The first-order chi connectivity index (χ1) is 17.4. The van der Waals surface area contributed by atoms with Gasteiger partial charge in [0, 0.05) is 0 Å². The van der Waals surface area contributed by atoms with Crippen LogP contribution in [-0.2, 0) is 0 Å². The number of hydrogen-bond acceptors (Lipinski definition) is 0. The van der Waals surface area contributed by atoms with Gasteiger partial charge in [-0.05, 0) is 74.4 Å². The highest BCUT2D eigenvalue weighted by Crippen LogP contribution is 2.90. The average Bonchev–Trinajstić information content (AvgIpc) is 2.99. The Kier molecular flexibility index (Phi) is 9.55. The van der Waals surface area contributed by atoms with Gasteiger partial charge in [-0.15, -0.1) is 0 Å². The molecule has 0 saturated carbocycles. The minimum atomic E-state index is -0.253. The molecule has 0 aliphatic carbocycles. The molecule has 4 unspecified atom stereocenters. The Morgan fingerprint density at radius 2 is 1.00 bits per heavy atom. The third-order valence-electron chi connectivity index (χ3n) is 6.49. The van der Waals surface area contributed by atoms with E-state index in [4.69, 9.17) is 0 Å². The van der Waals surface area contributed by atoms with Crippen molar-refractivity contribution < 1.29 is 0 Å². The molecular formula is C31H34P4. The van der Waals surface area contributed by atoms with Gasteiger partial charge in [-0.25, -0.2) is 0 Å².